The first-order valence-corrected chi connectivity index (χ1v) is 8.94. The van der Waals surface area contributed by atoms with E-state index in [0.717, 1.165) is 6.42 Å². The second-order valence-electron chi connectivity index (χ2n) is 9.35. The number of ether oxygens (including phenoxy) is 1. The Morgan fingerprint density at radius 3 is 2.41 bits per heavy atom. The minimum atomic E-state index is -0.793. The summed E-state index contributed by atoms with van der Waals surface area (Å²) in [5.74, 6) is 1.27. The summed E-state index contributed by atoms with van der Waals surface area (Å²) in [7, 11) is 0. The van der Waals surface area contributed by atoms with Crippen LogP contribution >= 0.6 is 0 Å². The van der Waals surface area contributed by atoms with Gasteiger partial charge in [0.15, 0.2) is 5.78 Å². The van der Waals surface area contributed by atoms with E-state index in [1.165, 1.54) is 25.7 Å². The van der Waals surface area contributed by atoms with Crippen LogP contribution < -0.4 is 0 Å². The highest BCUT2D eigenvalue weighted by molar-refractivity contribution is 5.90. The van der Waals surface area contributed by atoms with Gasteiger partial charge >= 0.3 is 0 Å². The van der Waals surface area contributed by atoms with Crippen LogP contribution in [0.3, 0.4) is 0 Å². The highest BCUT2D eigenvalue weighted by Gasteiger charge is 2.63. The van der Waals surface area contributed by atoms with Crippen LogP contribution in [0.15, 0.2) is 12.7 Å². The fourth-order valence-corrected chi connectivity index (χ4v) is 6.26. The minimum absolute atomic E-state index is 0.185. The Labute approximate surface area is 135 Å². The molecule has 0 spiro atoms. The molecule has 1 heterocycles. The van der Waals surface area contributed by atoms with Crippen molar-refractivity contribution in [1.29, 1.82) is 0 Å². The Kier molecular flexibility index (Phi) is 3.46. The maximum atomic E-state index is 12.7. The van der Waals surface area contributed by atoms with Gasteiger partial charge in [-0.15, -0.1) is 0 Å². The third kappa shape index (κ3) is 2.06. The molecule has 0 aromatic rings. The van der Waals surface area contributed by atoms with Crippen LogP contribution in [-0.4, -0.2) is 17.0 Å². The molecule has 3 aliphatic rings. The molecule has 2 heteroatoms. The maximum absolute atomic E-state index is 12.7. The van der Waals surface area contributed by atoms with Crippen LogP contribution in [-0.2, 0) is 9.53 Å². The summed E-state index contributed by atoms with van der Waals surface area (Å²) in [6.07, 6.45) is 8.48. The molecule has 0 unspecified atom stereocenters. The van der Waals surface area contributed by atoms with Crippen molar-refractivity contribution in [3.63, 3.8) is 0 Å². The monoisotopic (exact) mass is 304 g/mol. The van der Waals surface area contributed by atoms with Crippen molar-refractivity contribution in [2.45, 2.75) is 84.3 Å². The summed E-state index contributed by atoms with van der Waals surface area (Å²) in [6, 6.07) is 0. The molecule has 2 saturated carbocycles. The van der Waals surface area contributed by atoms with Gasteiger partial charge in [0.2, 0.25) is 0 Å². The SMILES string of the molecule is C=C[C@@]1(C)O[C@]2(C)CC[C@@H]3C(C)(C)CCC[C@]3(C)[C@H]2CC1=O. The molecule has 22 heavy (non-hydrogen) atoms. The van der Waals surface area contributed by atoms with Gasteiger partial charge in [-0.1, -0.05) is 39.8 Å². The lowest BCUT2D eigenvalue weighted by molar-refractivity contribution is -0.242. The van der Waals surface area contributed by atoms with E-state index < -0.39 is 5.60 Å². The molecule has 3 rings (SSSR count). The summed E-state index contributed by atoms with van der Waals surface area (Å²) < 4.78 is 6.44. The van der Waals surface area contributed by atoms with Gasteiger partial charge in [0.05, 0.1) is 5.60 Å². The smallest absolute Gasteiger partial charge is 0.168 e. The van der Waals surface area contributed by atoms with E-state index >= 15 is 0 Å². The van der Waals surface area contributed by atoms with Crippen molar-refractivity contribution < 1.29 is 9.53 Å². The second kappa shape index (κ2) is 4.69. The van der Waals surface area contributed by atoms with Crippen LogP contribution in [0.4, 0.5) is 0 Å². The minimum Gasteiger partial charge on any atom is -0.357 e. The Morgan fingerprint density at radius 1 is 1.09 bits per heavy atom. The lowest BCUT2D eigenvalue weighted by Gasteiger charge is -2.64. The Balaban J connectivity index is 2.00. The normalized spacial score (nSPS) is 50.9. The van der Waals surface area contributed by atoms with Crippen molar-refractivity contribution in [3.8, 4) is 0 Å². The molecule has 3 fully saturated rings. The second-order valence-corrected chi connectivity index (χ2v) is 9.35. The van der Waals surface area contributed by atoms with Crippen molar-refractivity contribution in [2.24, 2.45) is 22.7 Å². The van der Waals surface area contributed by atoms with E-state index in [1.54, 1.807) is 6.08 Å². The number of fused-ring (bicyclic) bond motifs is 3. The topological polar surface area (TPSA) is 26.3 Å². The summed E-state index contributed by atoms with van der Waals surface area (Å²) >= 11 is 0. The molecule has 2 nitrogen and oxygen atoms in total. The number of rotatable bonds is 1. The predicted molar refractivity (Wildman–Crippen MR) is 89.7 cm³/mol. The van der Waals surface area contributed by atoms with Crippen LogP contribution in [0.1, 0.15) is 73.1 Å². The average molecular weight is 304 g/mol. The standard InChI is InChI=1S/C20H32O2/c1-7-19(5)16(21)13-15-18(4)11-8-10-17(2,3)14(18)9-12-20(15,6)22-19/h7,14-15H,1,8-13H2,2-6H3/t14-,15-,18+,19-,20-/m1/s1. The zero-order valence-corrected chi connectivity index (χ0v) is 15.0. The Hall–Kier alpha value is -0.630. The van der Waals surface area contributed by atoms with Crippen molar-refractivity contribution in [1.82, 2.24) is 0 Å². The van der Waals surface area contributed by atoms with E-state index in [2.05, 4.69) is 34.3 Å². The molecule has 5 atom stereocenters. The Morgan fingerprint density at radius 2 is 1.77 bits per heavy atom. The maximum Gasteiger partial charge on any atom is 0.168 e. The van der Waals surface area contributed by atoms with Crippen LogP contribution in [0, 0.1) is 22.7 Å². The lowest BCUT2D eigenvalue weighted by Crippen LogP contribution is -2.64. The predicted octanol–water partition coefficient (Wildman–Crippen LogP) is 4.92. The van der Waals surface area contributed by atoms with Crippen LogP contribution in [0.2, 0.25) is 0 Å². The summed E-state index contributed by atoms with van der Waals surface area (Å²) in [5.41, 5.74) is -0.363. The van der Waals surface area contributed by atoms with Crippen molar-refractivity contribution >= 4 is 5.78 Å². The lowest BCUT2D eigenvalue weighted by atomic mass is 9.44. The van der Waals surface area contributed by atoms with E-state index in [1.807, 2.05) is 6.92 Å². The number of carbonyl (C=O) groups is 1. The fraction of sp³-hybridized carbons (Fsp3) is 0.850. The zero-order chi connectivity index (χ0) is 16.4. The molecule has 0 aromatic heterocycles. The van der Waals surface area contributed by atoms with Gasteiger partial charge in [-0.25, -0.2) is 0 Å². The quantitative estimate of drug-likeness (QED) is 0.643. The van der Waals surface area contributed by atoms with Crippen molar-refractivity contribution in [3.05, 3.63) is 12.7 Å². The summed E-state index contributed by atoms with van der Waals surface area (Å²) in [5, 5.41) is 0. The zero-order valence-electron chi connectivity index (χ0n) is 15.0. The van der Waals surface area contributed by atoms with Crippen molar-refractivity contribution in [2.75, 3.05) is 0 Å². The van der Waals surface area contributed by atoms with Gasteiger partial charge in [0, 0.05) is 12.3 Å². The van der Waals surface area contributed by atoms with E-state index in [-0.39, 0.29) is 16.8 Å². The molecule has 0 N–H and O–H groups in total. The highest BCUT2D eigenvalue weighted by Crippen LogP contribution is 2.65. The van der Waals surface area contributed by atoms with Gasteiger partial charge in [0.1, 0.15) is 5.60 Å². The summed E-state index contributed by atoms with van der Waals surface area (Å²) in [6.45, 7) is 15.3. The molecule has 1 saturated heterocycles. The number of Topliss-reactive ketones (excluding diaryl/α,β-unsaturated/α-hetero) is 1. The van der Waals surface area contributed by atoms with Gasteiger partial charge in [0.25, 0.3) is 0 Å². The average Bonchev–Trinajstić information content (AvgIpc) is 2.40. The number of hydrogen-bond acceptors (Lipinski definition) is 2. The van der Waals surface area contributed by atoms with Gasteiger partial charge in [-0.3, -0.25) is 4.79 Å². The molecule has 124 valence electrons. The number of hydrogen-bond donors (Lipinski definition) is 0. The first-order chi connectivity index (χ1) is 10.1. The molecule has 1 aliphatic heterocycles. The van der Waals surface area contributed by atoms with Gasteiger partial charge in [-0.2, -0.15) is 0 Å². The van der Waals surface area contributed by atoms with Gasteiger partial charge in [-0.05, 0) is 56.3 Å². The molecular formula is C20H32O2. The van der Waals surface area contributed by atoms with Gasteiger partial charge < -0.3 is 4.74 Å². The molecule has 0 aromatic carbocycles. The van der Waals surface area contributed by atoms with E-state index in [0.29, 0.717) is 23.7 Å². The third-order valence-corrected chi connectivity index (χ3v) is 7.52. The first-order valence-electron chi connectivity index (χ1n) is 8.94. The fourth-order valence-electron chi connectivity index (χ4n) is 6.26. The van der Waals surface area contributed by atoms with E-state index in [4.69, 9.17) is 4.74 Å². The largest absolute Gasteiger partial charge is 0.357 e. The molecule has 0 amide bonds. The van der Waals surface area contributed by atoms with Crippen LogP contribution in [0.5, 0.6) is 0 Å². The number of ketones is 1. The molecule has 0 bridgehead atoms. The molecular weight excluding hydrogens is 272 g/mol. The van der Waals surface area contributed by atoms with E-state index in [9.17, 15) is 4.79 Å². The highest BCUT2D eigenvalue weighted by atomic mass is 16.5. The third-order valence-electron chi connectivity index (χ3n) is 7.52. The molecule has 2 aliphatic carbocycles. The molecule has 0 radical (unpaired) electrons. The number of carbonyl (C=O) groups excluding carboxylic acids is 1. The Bertz CT molecular complexity index is 508. The summed E-state index contributed by atoms with van der Waals surface area (Å²) in [4.78, 5) is 12.7. The van der Waals surface area contributed by atoms with Crippen LogP contribution in [0.25, 0.3) is 0 Å². The first kappa shape index (κ1) is 16.2.